The molecule has 8 nitrogen and oxygen atoms in total. The molecular weight excluding hydrogens is 372 g/mol. The highest BCUT2D eigenvalue weighted by molar-refractivity contribution is 5.98. The number of aromatic nitrogens is 4. The number of esters is 2. The van der Waals surface area contributed by atoms with Crippen molar-refractivity contribution in [3.05, 3.63) is 61.2 Å². The second kappa shape index (κ2) is 6.83. The normalized spacial score (nSPS) is 13.9. The van der Waals surface area contributed by atoms with E-state index in [9.17, 15) is 9.59 Å². The minimum atomic E-state index is -0.554. The van der Waals surface area contributed by atoms with E-state index < -0.39 is 11.9 Å². The van der Waals surface area contributed by atoms with E-state index >= 15 is 0 Å². The standard InChI is InChI=1S/C21H14N4O4/c26-16-8-9-17(27)29-21-18-14(23-20(24-21)13-4-2-1-3-5-13)6-7-15(19(18)28-16)25-11-10-22-12-25/h1-7,10-12H,8-9H2. The highest BCUT2D eigenvalue weighted by Gasteiger charge is 2.25. The summed E-state index contributed by atoms with van der Waals surface area (Å²) in [5.41, 5.74) is 1.84. The molecule has 2 aromatic heterocycles. The van der Waals surface area contributed by atoms with Gasteiger partial charge in [0.15, 0.2) is 11.6 Å². The predicted molar refractivity (Wildman–Crippen MR) is 103 cm³/mol. The van der Waals surface area contributed by atoms with Crippen molar-refractivity contribution in [3.8, 4) is 28.7 Å². The van der Waals surface area contributed by atoms with Crippen molar-refractivity contribution < 1.29 is 19.1 Å². The van der Waals surface area contributed by atoms with Crippen molar-refractivity contribution in [1.82, 2.24) is 19.5 Å². The topological polar surface area (TPSA) is 96.2 Å². The molecule has 3 heterocycles. The largest absolute Gasteiger partial charge is 0.423 e. The molecule has 5 rings (SSSR count). The molecule has 2 aromatic carbocycles. The van der Waals surface area contributed by atoms with Crippen molar-refractivity contribution in [2.45, 2.75) is 12.8 Å². The van der Waals surface area contributed by atoms with Crippen LogP contribution in [-0.2, 0) is 9.59 Å². The molecule has 0 saturated carbocycles. The predicted octanol–water partition coefficient (Wildman–Crippen LogP) is 3.09. The van der Waals surface area contributed by atoms with Crippen molar-refractivity contribution in [2.24, 2.45) is 0 Å². The molecule has 0 bridgehead atoms. The van der Waals surface area contributed by atoms with Crippen LogP contribution in [0.25, 0.3) is 28.0 Å². The molecular formula is C21H14N4O4. The van der Waals surface area contributed by atoms with Crippen LogP contribution in [-0.4, -0.2) is 31.5 Å². The second-order valence-corrected chi connectivity index (χ2v) is 6.44. The molecule has 0 unspecified atom stereocenters. The molecule has 4 aromatic rings. The minimum absolute atomic E-state index is 0.0607. The molecule has 1 aliphatic rings. The fraction of sp³-hybridized carbons (Fsp3) is 0.0952. The van der Waals surface area contributed by atoms with Crippen LogP contribution in [0.15, 0.2) is 61.2 Å². The van der Waals surface area contributed by atoms with Gasteiger partial charge in [-0.1, -0.05) is 30.3 Å². The van der Waals surface area contributed by atoms with E-state index in [1.165, 1.54) is 0 Å². The molecule has 142 valence electrons. The first kappa shape index (κ1) is 17.1. The van der Waals surface area contributed by atoms with Crippen molar-refractivity contribution >= 4 is 22.8 Å². The van der Waals surface area contributed by atoms with E-state index in [2.05, 4.69) is 15.0 Å². The molecule has 29 heavy (non-hydrogen) atoms. The van der Waals surface area contributed by atoms with Gasteiger partial charge >= 0.3 is 11.9 Å². The van der Waals surface area contributed by atoms with Gasteiger partial charge in [-0.2, -0.15) is 4.98 Å². The third kappa shape index (κ3) is 3.10. The molecule has 0 spiro atoms. The van der Waals surface area contributed by atoms with Crippen LogP contribution >= 0.6 is 0 Å². The summed E-state index contributed by atoms with van der Waals surface area (Å²) in [7, 11) is 0. The zero-order valence-electron chi connectivity index (χ0n) is 15.1. The Bertz CT molecular complexity index is 1240. The summed E-state index contributed by atoms with van der Waals surface area (Å²) < 4.78 is 12.9. The quantitative estimate of drug-likeness (QED) is 0.386. The number of benzene rings is 2. The Kier molecular flexibility index (Phi) is 4.02. The maximum absolute atomic E-state index is 12.3. The number of hydrogen-bond acceptors (Lipinski definition) is 7. The average Bonchev–Trinajstić information content (AvgIpc) is 3.28. The summed E-state index contributed by atoms with van der Waals surface area (Å²) in [5.74, 6) is -0.384. The highest BCUT2D eigenvalue weighted by Crippen LogP contribution is 2.39. The van der Waals surface area contributed by atoms with E-state index in [-0.39, 0.29) is 24.5 Å². The van der Waals surface area contributed by atoms with E-state index in [1.807, 2.05) is 30.3 Å². The van der Waals surface area contributed by atoms with E-state index in [0.717, 1.165) is 5.56 Å². The SMILES string of the molecule is O=C1CCC(=O)Oc2c(-n3ccnc3)ccc3nc(-c4ccccc4)nc(c23)O1. The van der Waals surface area contributed by atoms with Gasteiger partial charge in [0, 0.05) is 18.0 Å². The van der Waals surface area contributed by atoms with Gasteiger partial charge in [-0.3, -0.25) is 9.59 Å². The lowest BCUT2D eigenvalue weighted by molar-refractivity contribution is -0.140. The summed E-state index contributed by atoms with van der Waals surface area (Å²) in [5, 5.41) is 0.361. The average molecular weight is 386 g/mol. The second-order valence-electron chi connectivity index (χ2n) is 6.44. The van der Waals surface area contributed by atoms with Gasteiger partial charge in [-0.05, 0) is 12.1 Å². The third-order valence-electron chi connectivity index (χ3n) is 4.54. The summed E-state index contributed by atoms with van der Waals surface area (Å²) in [6.45, 7) is 0. The summed E-state index contributed by atoms with van der Waals surface area (Å²) in [4.78, 5) is 37.7. The lowest BCUT2D eigenvalue weighted by Gasteiger charge is -2.14. The smallest absolute Gasteiger partial charge is 0.313 e. The zero-order valence-corrected chi connectivity index (χ0v) is 15.1. The lowest BCUT2D eigenvalue weighted by atomic mass is 10.1. The van der Waals surface area contributed by atoms with Crippen molar-refractivity contribution in [1.29, 1.82) is 0 Å². The number of carbonyl (C=O) groups excluding carboxylic acids is 2. The number of carbonyl (C=O) groups is 2. The van der Waals surface area contributed by atoms with Gasteiger partial charge in [0.25, 0.3) is 0 Å². The molecule has 0 aliphatic carbocycles. The van der Waals surface area contributed by atoms with E-state index in [0.29, 0.717) is 22.4 Å². The van der Waals surface area contributed by atoms with Gasteiger partial charge in [0.2, 0.25) is 5.88 Å². The van der Waals surface area contributed by atoms with Crippen LogP contribution in [0.3, 0.4) is 0 Å². The first-order chi connectivity index (χ1) is 14.2. The Morgan fingerprint density at radius 3 is 2.45 bits per heavy atom. The Morgan fingerprint density at radius 1 is 0.897 bits per heavy atom. The Morgan fingerprint density at radius 2 is 1.69 bits per heavy atom. The number of imidazole rings is 1. The third-order valence-corrected chi connectivity index (χ3v) is 4.54. The zero-order chi connectivity index (χ0) is 19.8. The summed E-state index contributed by atoms with van der Waals surface area (Å²) in [6.07, 6.45) is 4.74. The molecule has 0 radical (unpaired) electrons. The van der Waals surface area contributed by atoms with Crippen LogP contribution in [0.5, 0.6) is 11.6 Å². The lowest BCUT2D eigenvalue weighted by Crippen LogP contribution is -2.12. The molecule has 8 heteroatoms. The Balaban J connectivity index is 1.82. The van der Waals surface area contributed by atoms with Crippen molar-refractivity contribution in [2.75, 3.05) is 0 Å². The van der Waals surface area contributed by atoms with Gasteiger partial charge in [-0.25, -0.2) is 9.97 Å². The number of nitrogens with zero attached hydrogens (tertiary/aromatic N) is 4. The molecule has 0 atom stereocenters. The van der Waals surface area contributed by atoms with Gasteiger partial charge in [0.05, 0.1) is 30.4 Å². The van der Waals surface area contributed by atoms with Crippen LogP contribution in [0.1, 0.15) is 12.8 Å². The Hall–Kier alpha value is -4.07. The minimum Gasteiger partial charge on any atom is -0.423 e. The van der Waals surface area contributed by atoms with E-state index in [4.69, 9.17) is 9.47 Å². The summed E-state index contributed by atoms with van der Waals surface area (Å²) >= 11 is 0. The molecule has 0 amide bonds. The van der Waals surface area contributed by atoms with Gasteiger partial charge in [-0.15, -0.1) is 0 Å². The molecule has 0 fully saturated rings. The van der Waals surface area contributed by atoms with Crippen LogP contribution in [0.4, 0.5) is 0 Å². The number of hydrogen-bond donors (Lipinski definition) is 0. The molecule has 0 N–H and O–H groups in total. The molecule has 1 aliphatic heterocycles. The first-order valence-corrected chi connectivity index (χ1v) is 8.99. The monoisotopic (exact) mass is 386 g/mol. The number of rotatable bonds is 2. The Labute approximate surface area is 164 Å². The van der Waals surface area contributed by atoms with Gasteiger partial charge in [0.1, 0.15) is 5.39 Å². The maximum Gasteiger partial charge on any atom is 0.313 e. The summed E-state index contributed by atoms with van der Waals surface area (Å²) in [6, 6.07) is 12.9. The highest BCUT2D eigenvalue weighted by atomic mass is 16.6. The molecule has 0 saturated heterocycles. The fourth-order valence-corrected chi connectivity index (χ4v) is 3.18. The first-order valence-electron chi connectivity index (χ1n) is 8.99. The van der Waals surface area contributed by atoms with E-state index in [1.54, 1.807) is 35.4 Å². The van der Waals surface area contributed by atoms with Gasteiger partial charge < -0.3 is 14.0 Å². The van der Waals surface area contributed by atoms with Crippen molar-refractivity contribution in [3.63, 3.8) is 0 Å². The maximum atomic E-state index is 12.3. The van der Waals surface area contributed by atoms with Crippen LogP contribution < -0.4 is 9.47 Å². The number of ether oxygens (including phenoxy) is 2. The van der Waals surface area contributed by atoms with Crippen LogP contribution in [0, 0.1) is 0 Å². The van der Waals surface area contributed by atoms with Crippen LogP contribution in [0.2, 0.25) is 0 Å². The fourth-order valence-electron chi connectivity index (χ4n) is 3.18.